The van der Waals surface area contributed by atoms with Gasteiger partial charge in [0, 0.05) is 12.5 Å². The fourth-order valence-corrected chi connectivity index (χ4v) is 5.03. The molecule has 5 heteroatoms. The van der Waals surface area contributed by atoms with Gasteiger partial charge in [-0.15, -0.1) is 0 Å². The highest BCUT2D eigenvalue weighted by molar-refractivity contribution is 6.47. The minimum atomic E-state index is -0.252. The Kier molecular flexibility index (Phi) is 2.50. The number of hydrogen-bond donors (Lipinski definition) is 2. The van der Waals surface area contributed by atoms with E-state index in [-0.39, 0.29) is 30.9 Å². The van der Waals surface area contributed by atoms with Gasteiger partial charge < -0.3 is 19.7 Å². The molecule has 106 valence electrons. The standard InChI is InChI=1S/C14H24BNO3/c1-13(2)8-4-10(13)14(3)11(5-8)18-15(19-14)12-6-9(17)7-16-12/h8-12,16-17H,4-7H2,1-3H3/t8-,9+,10-,11?,12-,14-/m0/s1. The summed E-state index contributed by atoms with van der Waals surface area (Å²) in [6.45, 7) is 7.65. The molecule has 1 unspecified atom stereocenters. The lowest BCUT2D eigenvalue weighted by Gasteiger charge is -2.64. The largest absolute Gasteiger partial charge is 0.475 e. The van der Waals surface area contributed by atoms with Crippen molar-refractivity contribution in [3.63, 3.8) is 0 Å². The molecule has 0 spiro atoms. The van der Waals surface area contributed by atoms with E-state index in [0.29, 0.717) is 17.9 Å². The summed E-state index contributed by atoms with van der Waals surface area (Å²) in [7, 11) is -0.178. The Morgan fingerprint density at radius 2 is 2.00 bits per heavy atom. The Labute approximate surface area is 115 Å². The highest BCUT2D eigenvalue weighted by Gasteiger charge is 2.68. The molecule has 2 aliphatic heterocycles. The molecule has 3 saturated carbocycles. The van der Waals surface area contributed by atoms with Crippen LogP contribution in [0.5, 0.6) is 0 Å². The van der Waals surface area contributed by atoms with Gasteiger partial charge in [0.25, 0.3) is 0 Å². The van der Waals surface area contributed by atoms with Crippen LogP contribution in [0.15, 0.2) is 0 Å². The lowest BCUT2D eigenvalue weighted by molar-refractivity contribution is -0.199. The average molecular weight is 265 g/mol. The molecule has 3 aliphatic carbocycles. The zero-order valence-corrected chi connectivity index (χ0v) is 12.1. The van der Waals surface area contributed by atoms with E-state index < -0.39 is 0 Å². The molecule has 19 heavy (non-hydrogen) atoms. The molecule has 2 bridgehead atoms. The predicted molar refractivity (Wildman–Crippen MR) is 72.5 cm³/mol. The van der Waals surface area contributed by atoms with E-state index in [4.69, 9.17) is 9.31 Å². The van der Waals surface area contributed by atoms with Crippen LogP contribution in [0.25, 0.3) is 0 Å². The summed E-state index contributed by atoms with van der Waals surface area (Å²) in [6, 6.07) is 0. The highest BCUT2D eigenvalue weighted by atomic mass is 16.7. The lowest BCUT2D eigenvalue weighted by atomic mass is 9.43. The van der Waals surface area contributed by atoms with Crippen LogP contribution in [0.4, 0.5) is 0 Å². The summed E-state index contributed by atoms with van der Waals surface area (Å²) in [5, 5.41) is 13.0. The lowest BCUT2D eigenvalue weighted by Crippen LogP contribution is -2.65. The van der Waals surface area contributed by atoms with Crippen LogP contribution in [0.3, 0.4) is 0 Å². The van der Waals surface area contributed by atoms with Gasteiger partial charge in [-0.3, -0.25) is 0 Å². The first-order valence-electron chi connectivity index (χ1n) is 7.66. The zero-order valence-electron chi connectivity index (χ0n) is 12.1. The van der Waals surface area contributed by atoms with Crippen molar-refractivity contribution in [3.05, 3.63) is 0 Å². The summed E-state index contributed by atoms with van der Waals surface area (Å²) in [5.41, 5.74) is 0.268. The van der Waals surface area contributed by atoms with Gasteiger partial charge in [0.15, 0.2) is 0 Å². The molecule has 0 aromatic rings. The molecule has 2 heterocycles. The molecule has 5 rings (SSSR count). The predicted octanol–water partition coefficient (Wildman–Crippen LogP) is 0.977. The van der Waals surface area contributed by atoms with E-state index in [1.54, 1.807) is 0 Å². The molecule has 0 radical (unpaired) electrons. The van der Waals surface area contributed by atoms with Gasteiger partial charge in [-0.05, 0) is 43.4 Å². The Morgan fingerprint density at radius 3 is 2.63 bits per heavy atom. The van der Waals surface area contributed by atoms with E-state index in [9.17, 15) is 5.11 Å². The second kappa shape index (κ2) is 3.76. The van der Waals surface area contributed by atoms with Gasteiger partial charge in [0.2, 0.25) is 0 Å². The molecule has 2 saturated heterocycles. The molecule has 6 atom stereocenters. The molecule has 0 aromatic heterocycles. The second-order valence-electron chi connectivity index (χ2n) is 7.74. The number of β-amino-alcohol motifs (C(OH)–C–C–N with tert-alkyl or cyclic N) is 1. The molecular weight excluding hydrogens is 241 g/mol. The van der Waals surface area contributed by atoms with E-state index in [1.807, 2.05) is 0 Å². The van der Waals surface area contributed by atoms with Gasteiger partial charge in [0.1, 0.15) is 0 Å². The molecule has 2 N–H and O–H groups in total. The van der Waals surface area contributed by atoms with E-state index in [0.717, 1.165) is 18.8 Å². The second-order valence-corrected chi connectivity index (χ2v) is 7.74. The van der Waals surface area contributed by atoms with Crippen molar-refractivity contribution in [2.75, 3.05) is 6.54 Å². The van der Waals surface area contributed by atoms with Crippen molar-refractivity contribution in [1.29, 1.82) is 0 Å². The third-order valence-electron chi connectivity index (χ3n) is 6.44. The smallest absolute Gasteiger partial charge is 0.404 e. The molecule has 0 aromatic carbocycles. The van der Waals surface area contributed by atoms with Gasteiger partial charge >= 0.3 is 7.12 Å². The summed E-state index contributed by atoms with van der Waals surface area (Å²) in [4.78, 5) is 0. The first kappa shape index (κ1) is 12.6. The zero-order chi connectivity index (χ0) is 13.4. The summed E-state index contributed by atoms with van der Waals surface area (Å²) in [6.07, 6.45) is 3.15. The number of nitrogens with one attached hydrogen (secondary N) is 1. The maximum Gasteiger partial charge on any atom is 0.475 e. The number of rotatable bonds is 1. The summed E-state index contributed by atoms with van der Waals surface area (Å²) >= 11 is 0. The fraction of sp³-hybridized carbons (Fsp3) is 1.00. The monoisotopic (exact) mass is 265 g/mol. The normalized spacial score (nSPS) is 54.9. The van der Waals surface area contributed by atoms with Crippen LogP contribution in [0.2, 0.25) is 0 Å². The third kappa shape index (κ3) is 1.56. The van der Waals surface area contributed by atoms with Crippen LogP contribution in [-0.4, -0.2) is 42.5 Å². The Bertz CT molecular complexity index is 404. The topological polar surface area (TPSA) is 50.7 Å². The summed E-state index contributed by atoms with van der Waals surface area (Å²) < 4.78 is 12.6. The van der Waals surface area contributed by atoms with Crippen LogP contribution in [0, 0.1) is 17.3 Å². The van der Waals surface area contributed by atoms with Crippen molar-refractivity contribution < 1.29 is 14.4 Å². The molecular formula is C14H24BNO3. The van der Waals surface area contributed by atoms with E-state index in [2.05, 4.69) is 26.1 Å². The van der Waals surface area contributed by atoms with Crippen molar-refractivity contribution in [2.45, 2.75) is 63.8 Å². The van der Waals surface area contributed by atoms with Gasteiger partial charge in [-0.2, -0.15) is 0 Å². The molecule has 4 nitrogen and oxygen atoms in total. The van der Waals surface area contributed by atoms with Crippen LogP contribution >= 0.6 is 0 Å². The van der Waals surface area contributed by atoms with Crippen molar-refractivity contribution in [2.24, 2.45) is 17.3 Å². The maximum atomic E-state index is 9.65. The number of aliphatic hydroxyl groups excluding tert-OH is 1. The first-order valence-corrected chi connectivity index (χ1v) is 7.66. The Morgan fingerprint density at radius 1 is 1.21 bits per heavy atom. The molecule has 5 aliphatic rings. The Balaban J connectivity index is 1.54. The summed E-state index contributed by atoms with van der Waals surface area (Å²) in [5.74, 6) is 1.55. The van der Waals surface area contributed by atoms with Gasteiger partial charge in [-0.1, -0.05) is 13.8 Å². The van der Waals surface area contributed by atoms with Crippen LogP contribution in [-0.2, 0) is 9.31 Å². The number of hydrogen-bond acceptors (Lipinski definition) is 4. The molecule has 5 fully saturated rings. The van der Waals surface area contributed by atoms with E-state index in [1.165, 1.54) is 6.42 Å². The van der Waals surface area contributed by atoms with Gasteiger partial charge in [-0.25, -0.2) is 0 Å². The minimum Gasteiger partial charge on any atom is -0.404 e. The van der Waals surface area contributed by atoms with Crippen molar-refractivity contribution >= 4 is 7.12 Å². The quantitative estimate of drug-likeness (QED) is 0.694. The van der Waals surface area contributed by atoms with E-state index >= 15 is 0 Å². The van der Waals surface area contributed by atoms with Crippen LogP contribution < -0.4 is 5.32 Å². The maximum absolute atomic E-state index is 9.65. The van der Waals surface area contributed by atoms with Crippen LogP contribution in [0.1, 0.15) is 40.0 Å². The molecule has 0 amide bonds. The third-order valence-corrected chi connectivity index (χ3v) is 6.44. The average Bonchev–Trinajstić information content (AvgIpc) is 2.90. The SMILES string of the molecule is CC1(C)[C@@H]2CC3OB([C@@H]4C[C@@H](O)CN4)O[C@@]3(C)[C@H]1C2. The van der Waals surface area contributed by atoms with Crippen molar-refractivity contribution in [3.8, 4) is 0 Å². The first-order chi connectivity index (χ1) is 8.91. The minimum absolute atomic E-state index is 0.127. The number of aliphatic hydroxyl groups is 1. The van der Waals surface area contributed by atoms with Crippen molar-refractivity contribution in [1.82, 2.24) is 5.32 Å². The highest BCUT2D eigenvalue weighted by Crippen LogP contribution is 2.65. The Hall–Kier alpha value is -0.0951. The van der Waals surface area contributed by atoms with Gasteiger partial charge in [0.05, 0.1) is 17.8 Å². The fourth-order valence-electron chi connectivity index (χ4n) is 5.03.